The highest BCUT2D eigenvalue weighted by molar-refractivity contribution is 7.89. The number of amides is 1. The summed E-state index contributed by atoms with van der Waals surface area (Å²) in [5.41, 5.74) is 1.62. The Bertz CT molecular complexity index is 1280. The maximum Gasteiger partial charge on any atom is 0.292 e. The van der Waals surface area contributed by atoms with Crippen LogP contribution in [0.15, 0.2) is 49.3 Å². The van der Waals surface area contributed by atoms with Crippen LogP contribution in [-0.4, -0.2) is 25.2 Å². The molecule has 0 atom stereocenters. The van der Waals surface area contributed by atoms with Gasteiger partial charge in [0, 0.05) is 23.6 Å². The van der Waals surface area contributed by atoms with Crippen LogP contribution in [0, 0.1) is 19.7 Å². The molecule has 0 bridgehead atoms. The van der Waals surface area contributed by atoms with E-state index in [2.05, 4.69) is 20.4 Å². The molecule has 1 aromatic carbocycles. The molecule has 0 saturated heterocycles. The zero-order valence-corrected chi connectivity index (χ0v) is 17.5. The summed E-state index contributed by atoms with van der Waals surface area (Å²) in [6.45, 7) is 3.41. The number of hydrogen-bond donors (Lipinski definition) is 2. The number of nitrogens with zero attached hydrogens (tertiary/aromatic N) is 2. The second-order valence-electron chi connectivity index (χ2n) is 7.09. The number of anilines is 1. The van der Waals surface area contributed by atoms with Crippen LogP contribution in [0.1, 0.15) is 46.0 Å². The van der Waals surface area contributed by atoms with E-state index in [1.54, 1.807) is 19.9 Å². The third-order valence-corrected chi connectivity index (χ3v) is 6.05. The Morgan fingerprint density at radius 1 is 1.19 bits per heavy atom. The summed E-state index contributed by atoms with van der Waals surface area (Å²) in [6.07, 6.45) is 1.78. The number of aryl methyl sites for hydroxylation is 2. The van der Waals surface area contributed by atoms with Crippen LogP contribution < -0.4 is 10.1 Å². The summed E-state index contributed by atoms with van der Waals surface area (Å²) < 4.78 is 48.7. The lowest BCUT2D eigenvalue weighted by Gasteiger charge is -2.14. The van der Waals surface area contributed by atoms with E-state index in [-0.39, 0.29) is 16.5 Å². The average Bonchev–Trinajstić information content (AvgIpc) is 3.30. The molecule has 2 N–H and O–H groups in total. The first kappa shape index (κ1) is 20.8. The van der Waals surface area contributed by atoms with Crippen LogP contribution in [0.25, 0.3) is 0 Å². The van der Waals surface area contributed by atoms with Gasteiger partial charge in [-0.2, -0.15) is 18.4 Å². The van der Waals surface area contributed by atoms with Crippen LogP contribution in [0.3, 0.4) is 0 Å². The van der Waals surface area contributed by atoms with Crippen LogP contribution in [0.2, 0.25) is 0 Å². The van der Waals surface area contributed by atoms with Crippen LogP contribution in [0.4, 0.5) is 10.2 Å². The Kier molecular flexibility index (Phi) is 5.36. The smallest absolute Gasteiger partial charge is 0.292 e. The predicted molar refractivity (Wildman–Crippen MR) is 109 cm³/mol. The van der Waals surface area contributed by atoms with Crippen molar-refractivity contribution in [2.24, 2.45) is 5.10 Å². The SMILES string of the molecule is Cc1cc(NC(=O)c2oc3c(c2C)/C(=N/NS(=O)(=O)c2ccc(F)cc2)CCC3)no1. The summed E-state index contributed by atoms with van der Waals surface area (Å²) in [5, 5.41) is 10.4. The lowest BCUT2D eigenvalue weighted by molar-refractivity contribution is 0.0993. The minimum Gasteiger partial charge on any atom is -0.455 e. The van der Waals surface area contributed by atoms with Gasteiger partial charge in [-0.15, -0.1) is 0 Å². The van der Waals surface area contributed by atoms with E-state index in [9.17, 15) is 17.6 Å². The Balaban J connectivity index is 1.60. The molecule has 1 aliphatic carbocycles. The zero-order chi connectivity index (χ0) is 22.2. The molecule has 0 radical (unpaired) electrons. The molecule has 11 heteroatoms. The van der Waals surface area contributed by atoms with Crippen molar-refractivity contribution in [3.8, 4) is 0 Å². The number of halogens is 1. The summed E-state index contributed by atoms with van der Waals surface area (Å²) in [4.78, 5) is 14.7. The van der Waals surface area contributed by atoms with Gasteiger partial charge in [0.1, 0.15) is 17.3 Å². The maximum atomic E-state index is 13.1. The van der Waals surface area contributed by atoms with E-state index in [1.165, 1.54) is 0 Å². The summed E-state index contributed by atoms with van der Waals surface area (Å²) in [7, 11) is -3.97. The fraction of sp³-hybridized carbons (Fsp3) is 0.250. The van der Waals surface area contributed by atoms with Gasteiger partial charge in [0.2, 0.25) is 0 Å². The van der Waals surface area contributed by atoms with Crippen molar-refractivity contribution >= 4 is 27.5 Å². The molecule has 0 fully saturated rings. The number of fused-ring (bicyclic) bond motifs is 1. The number of furan rings is 1. The first-order valence-corrected chi connectivity index (χ1v) is 10.9. The molecular weight excluding hydrogens is 427 g/mol. The number of carbonyl (C=O) groups is 1. The van der Waals surface area contributed by atoms with E-state index in [0.717, 1.165) is 24.3 Å². The molecule has 1 aliphatic rings. The number of rotatable bonds is 5. The summed E-state index contributed by atoms with van der Waals surface area (Å²) >= 11 is 0. The zero-order valence-electron chi connectivity index (χ0n) is 16.7. The van der Waals surface area contributed by atoms with Crippen molar-refractivity contribution in [3.63, 3.8) is 0 Å². The Hall–Kier alpha value is -3.47. The normalized spacial score (nSPS) is 15.0. The predicted octanol–water partition coefficient (Wildman–Crippen LogP) is 3.29. The number of nitrogens with one attached hydrogen (secondary N) is 2. The first-order valence-electron chi connectivity index (χ1n) is 9.46. The Morgan fingerprint density at radius 3 is 2.61 bits per heavy atom. The van der Waals surface area contributed by atoms with Crippen LogP contribution in [-0.2, 0) is 16.4 Å². The molecule has 0 saturated carbocycles. The Labute approximate surface area is 177 Å². The van der Waals surface area contributed by atoms with Crippen molar-refractivity contribution < 1.29 is 26.5 Å². The van der Waals surface area contributed by atoms with Gasteiger partial charge in [-0.1, -0.05) is 5.16 Å². The second kappa shape index (κ2) is 7.99. The minimum absolute atomic E-state index is 0.0987. The number of benzene rings is 1. The third kappa shape index (κ3) is 4.22. The molecule has 2 aromatic heterocycles. The summed E-state index contributed by atoms with van der Waals surface area (Å²) in [5.74, 6) is 0.437. The van der Waals surface area contributed by atoms with E-state index in [1.807, 2.05) is 0 Å². The molecule has 4 rings (SSSR count). The maximum absolute atomic E-state index is 13.1. The highest BCUT2D eigenvalue weighted by atomic mass is 32.2. The molecule has 9 nitrogen and oxygen atoms in total. The standard InChI is InChI=1S/C20H19FN4O5S/c1-11-10-17(24-30-11)22-20(26)19-12(2)18-15(4-3-5-16(18)29-19)23-25-31(27,28)14-8-6-13(21)7-9-14/h6-10,25H,3-5H2,1-2H3,(H,22,24,26)/b23-15+. The molecule has 31 heavy (non-hydrogen) atoms. The fourth-order valence-electron chi connectivity index (χ4n) is 3.38. The molecule has 162 valence electrons. The van der Waals surface area contributed by atoms with Gasteiger partial charge in [0.05, 0.1) is 10.6 Å². The number of sulfonamides is 1. The number of hydrazone groups is 1. The third-order valence-electron chi connectivity index (χ3n) is 4.83. The van der Waals surface area contributed by atoms with E-state index >= 15 is 0 Å². The number of aromatic nitrogens is 1. The van der Waals surface area contributed by atoms with E-state index < -0.39 is 21.7 Å². The van der Waals surface area contributed by atoms with Crippen molar-refractivity contribution in [1.82, 2.24) is 9.99 Å². The summed E-state index contributed by atoms with van der Waals surface area (Å²) in [6, 6.07) is 6.00. The van der Waals surface area contributed by atoms with Gasteiger partial charge < -0.3 is 14.3 Å². The van der Waals surface area contributed by atoms with Crippen molar-refractivity contribution in [3.05, 3.63) is 64.6 Å². The topological polar surface area (TPSA) is 127 Å². The van der Waals surface area contributed by atoms with Gasteiger partial charge in [0.25, 0.3) is 15.9 Å². The van der Waals surface area contributed by atoms with Crippen molar-refractivity contribution in [2.75, 3.05) is 5.32 Å². The van der Waals surface area contributed by atoms with Crippen LogP contribution in [0.5, 0.6) is 0 Å². The molecule has 2 heterocycles. The molecule has 0 spiro atoms. The highest BCUT2D eigenvalue weighted by Crippen LogP contribution is 2.30. The molecule has 3 aromatic rings. The van der Waals surface area contributed by atoms with Crippen molar-refractivity contribution in [1.29, 1.82) is 0 Å². The second-order valence-corrected chi connectivity index (χ2v) is 8.75. The monoisotopic (exact) mass is 446 g/mol. The largest absolute Gasteiger partial charge is 0.455 e. The molecule has 0 aliphatic heterocycles. The number of carbonyl (C=O) groups excluding carboxylic acids is 1. The first-order chi connectivity index (χ1) is 14.7. The lowest BCUT2D eigenvalue weighted by Crippen LogP contribution is -2.22. The van der Waals surface area contributed by atoms with Crippen molar-refractivity contribution in [2.45, 2.75) is 38.0 Å². The number of hydrogen-bond acceptors (Lipinski definition) is 7. The highest BCUT2D eigenvalue weighted by Gasteiger charge is 2.28. The van der Waals surface area contributed by atoms with Gasteiger partial charge in [-0.3, -0.25) is 4.79 Å². The molecule has 0 unspecified atom stereocenters. The van der Waals surface area contributed by atoms with Gasteiger partial charge in [0.15, 0.2) is 11.6 Å². The van der Waals surface area contributed by atoms with Gasteiger partial charge >= 0.3 is 0 Å². The fourth-order valence-corrected chi connectivity index (χ4v) is 4.21. The van der Waals surface area contributed by atoms with Crippen LogP contribution >= 0.6 is 0 Å². The Morgan fingerprint density at radius 2 is 1.94 bits per heavy atom. The lowest BCUT2D eigenvalue weighted by atomic mass is 9.93. The quantitative estimate of drug-likeness (QED) is 0.579. The average molecular weight is 446 g/mol. The van der Waals surface area contributed by atoms with E-state index in [4.69, 9.17) is 8.94 Å². The van der Waals surface area contributed by atoms with E-state index in [0.29, 0.717) is 47.6 Å². The minimum atomic E-state index is -3.97. The molecule has 1 amide bonds. The molecular formula is C20H19FN4O5S. The van der Waals surface area contributed by atoms with Gasteiger partial charge in [-0.05, 0) is 51.0 Å². The van der Waals surface area contributed by atoms with Gasteiger partial charge in [-0.25, -0.2) is 4.39 Å².